The van der Waals surface area contributed by atoms with Crippen molar-refractivity contribution in [2.24, 2.45) is 5.41 Å². The van der Waals surface area contributed by atoms with Crippen LogP contribution in [0.2, 0.25) is 0 Å². The molecule has 1 aliphatic heterocycles. The number of anilines is 1. The zero-order valence-electron chi connectivity index (χ0n) is 16.6. The molecule has 1 heterocycles. The van der Waals surface area contributed by atoms with E-state index in [4.69, 9.17) is 4.98 Å². The summed E-state index contributed by atoms with van der Waals surface area (Å²) in [5.74, 6) is 0.162. The Bertz CT molecular complexity index is 929. The molecule has 26 heavy (non-hydrogen) atoms. The minimum atomic E-state index is -0.0437. The highest BCUT2D eigenvalue weighted by molar-refractivity contribution is 6.05. The van der Waals surface area contributed by atoms with Crippen LogP contribution in [0.1, 0.15) is 58.3 Å². The van der Waals surface area contributed by atoms with Gasteiger partial charge in [0.25, 0.3) is 0 Å². The standard InChI is InChI=1S/C23H28N2O/c1-22(2,3)14-20(26)15-9-7-10-16-17-11-8-12-18(25-23(4,5)6)21(17)24-19(16)13-15/h7-13,25H,14H2,1-6H3. The lowest BCUT2D eigenvalue weighted by Crippen LogP contribution is -2.26. The van der Waals surface area contributed by atoms with E-state index in [-0.39, 0.29) is 16.7 Å². The summed E-state index contributed by atoms with van der Waals surface area (Å²) >= 11 is 0. The van der Waals surface area contributed by atoms with Crippen LogP contribution in [-0.2, 0) is 0 Å². The minimum Gasteiger partial charge on any atom is -0.379 e. The van der Waals surface area contributed by atoms with Gasteiger partial charge in [0.2, 0.25) is 0 Å². The summed E-state index contributed by atoms with van der Waals surface area (Å²) in [4.78, 5) is 17.5. The molecule has 136 valence electrons. The first-order valence-corrected chi connectivity index (χ1v) is 9.17. The fraction of sp³-hybridized carbons (Fsp3) is 0.391. The number of hydrogen-bond donors (Lipinski definition) is 1. The number of rotatable bonds is 3. The van der Waals surface area contributed by atoms with E-state index in [1.54, 1.807) is 0 Å². The number of ketones is 1. The number of Topliss-reactive ketones (excluding diaryl/α,β-unsaturated/α-hetero) is 1. The monoisotopic (exact) mass is 348 g/mol. The number of carbonyl (C=O) groups is 1. The lowest BCUT2D eigenvalue weighted by atomic mass is 9.88. The zero-order chi connectivity index (χ0) is 19.1. The van der Waals surface area contributed by atoms with Crippen LogP contribution in [-0.4, -0.2) is 16.3 Å². The third kappa shape index (κ3) is 4.04. The fourth-order valence-electron chi connectivity index (χ4n) is 3.19. The molecule has 0 aromatic heterocycles. The molecule has 0 amide bonds. The Kier molecular flexibility index (Phi) is 4.51. The fourth-order valence-corrected chi connectivity index (χ4v) is 3.19. The lowest BCUT2D eigenvalue weighted by molar-refractivity contribution is 0.0940. The van der Waals surface area contributed by atoms with Crippen molar-refractivity contribution in [3.8, 4) is 11.3 Å². The number of hydrogen-bond acceptors (Lipinski definition) is 3. The summed E-state index contributed by atoms with van der Waals surface area (Å²) in [5.41, 5.74) is 4.58. The van der Waals surface area contributed by atoms with Gasteiger partial charge in [0, 0.05) is 28.5 Å². The largest absolute Gasteiger partial charge is 0.379 e. The maximum atomic E-state index is 12.7. The Hall–Kier alpha value is -2.42. The highest BCUT2D eigenvalue weighted by Crippen LogP contribution is 2.35. The van der Waals surface area contributed by atoms with Crippen LogP contribution >= 0.6 is 0 Å². The molecule has 1 N–H and O–H groups in total. The number of carbonyl (C=O) groups excluding carboxylic acids is 1. The van der Waals surface area contributed by atoms with Gasteiger partial charge < -0.3 is 5.32 Å². The van der Waals surface area contributed by atoms with Gasteiger partial charge in [0.1, 0.15) is 0 Å². The van der Waals surface area contributed by atoms with Crippen molar-refractivity contribution in [1.29, 1.82) is 0 Å². The third-order valence-electron chi connectivity index (χ3n) is 4.19. The number of nitrogens with one attached hydrogen (secondary N) is 1. The molecule has 0 bridgehead atoms. The highest BCUT2D eigenvalue weighted by atomic mass is 16.1. The third-order valence-corrected chi connectivity index (χ3v) is 4.19. The van der Waals surface area contributed by atoms with Crippen LogP contribution in [0.3, 0.4) is 0 Å². The van der Waals surface area contributed by atoms with Gasteiger partial charge in [-0.1, -0.05) is 51.1 Å². The zero-order valence-corrected chi connectivity index (χ0v) is 16.6. The normalized spacial score (nSPS) is 12.5. The second kappa shape index (κ2) is 6.39. The highest BCUT2D eigenvalue weighted by Gasteiger charge is 2.20. The van der Waals surface area contributed by atoms with Gasteiger partial charge in [-0.3, -0.25) is 4.79 Å². The molecule has 1 aromatic carbocycles. The van der Waals surface area contributed by atoms with E-state index in [0.29, 0.717) is 6.42 Å². The molecule has 1 aliphatic carbocycles. The van der Waals surface area contributed by atoms with E-state index in [9.17, 15) is 4.79 Å². The molecule has 0 spiro atoms. The summed E-state index contributed by atoms with van der Waals surface area (Å²) in [6.07, 6.45) is 0.523. The van der Waals surface area contributed by atoms with Crippen molar-refractivity contribution in [3.63, 3.8) is 0 Å². The molecule has 0 atom stereocenters. The molecule has 2 aliphatic rings. The Balaban J connectivity index is 2.11. The lowest BCUT2D eigenvalue weighted by Gasteiger charge is -2.22. The van der Waals surface area contributed by atoms with E-state index in [1.165, 1.54) is 0 Å². The van der Waals surface area contributed by atoms with Crippen LogP contribution in [0.15, 0.2) is 42.5 Å². The Morgan fingerprint density at radius 2 is 1.69 bits per heavy atom. The summed E-state index contributed by atoms with van der Waals surface area (Å²) in [6, 6.07) is 14.1. The van der Waals surface area contributed by atoms with Crippen LogP contribution < -0.4 is 5.32 Å². The smallest absolute Gasteiger partial charge is 0.163 e. The van der Waals surface area contributed by atoms with E-state index >= 15 is 0 Å². The van der Waals surface area contributed by atoms with Crippen molar-refractivity contribution in [3.05, 3.63) is 48.0 Å². The molecular formula is C23H28N2O. The van der Waals surface area contributed by atoms with Crippen LogP contribution in [0.4, 0.5) is 5.69 Å². The average Bonchev–Trinajstić information content (AvgIpc) is 2.69. The van der Waals surface area contributed by atoms with Gasteiger partial charge >= 0.3 is 0 Å². The second-order valence-corrected chi connectivity index (χ2v) is 9.27. The summed E-state index contributed by atoms with van der Waals surface area (Å²) in [7, 11) is 0. The summed E-state index contributed by atoms with van der Waals surface area (Å²) in [5, 5.41) is 4.64. The van der Waals surface area contributed by atoms with Gasteiger partial charge in [-0.05, 0) is 38.3 Å². The van der Waals surface area contributed by atoms with Crippen LogP contribution in [0.25, 0.3) is 22.2 Å². The first-order valence-electron chi connectivity index (χ1n) is 9.17. The number of para-hydroxylation sites is 1. The maximum absolute atomic E-state index is 12.7. The van der Waals surface area contributed by atoms with E-state index in [0.717, 1.165) is 33.4 Å². The summed E-state index contributed by atoms with van der Waals surface area (Å²) in [6.45, 7) is 12.7. The molecule has 3 heteroatoms. The minimum absolute atomic E-state index is 0.0292. The van der Waals surface area contributed by atoms with Gasteiger partial charge in [-0.2, -0.15) is 0 Å². The van der Waals surface area contributed by atoms with Crippen molar-refractivity contribution >= 4 is 22.4 Å². The Morgan fingerprint density at radius 1 is 1.00 bits per heavy atom. The molecule has 0 unspecified atom stereocenters. The summed E-state index contributed by atoms with van der Waals surface area (Å²) < 4.78 is 0. The van der Waals surface area contributed by atoms with Crippen LogP contribution in [0, 0.1) is 5.41 Å². The molecule has 0 saturated carbocycles. The van der Waals surface area contributed by atoms with Crippen molar-refractivity contribution in [1.82, 2.24) is 4.98 Å². The van der Waals surface area contributed by atoms with Crippen molar-refractivity contribution < 1.29 is 4.79 Å². The molecule has 0 fully saturated rings. The number of aromatic nitrogens is 1. The molecule has 0 saturated heterocycles. The van der Waals surface area contributed by atoms with Crippen molar-refractivity contribution in [2.75, 3.05) is 5.32 Å². The Morgan fingerprint density at radius 3 is 2.35 bits per heavy atom. The predicted molar refractivity (Wildman–Crippen MR) is 110 cm³/mol. The van der Waals surface area contributed by atoms with E-state index in [2.05, 4.69) is 71.1 Å². The SMILES string of the molecule is CC(C)(C)CC(=O)c1cccc2c3cccc(NC(C)(C)C)c3nc-2c1. The van der Waals surface area contributed by atoms with E-state index < -0.39 is 0 Å². The predicted octanol–water partition coefficient (Wildman–Crippen LogP) is 6.17. The second-order valence-electron chi connectivity index (χ2n) is 9.27. The molecule has 1 aromatic rings. The van der Waals surface area contributed by atoms with Crippen LogP contribution in [0.5, 0.6) is 0 Å². The van der Waals surface area contributed by atoms with Gasteiger partial charge in [-0.15, -0.1) is 0 Å². The quantitative estimate of drug-likeness (QED) is 0.576. The van der Waals surface area contributed by atoms with E-state index in [1.807, 2.05) is 18.2 Å². The van der Waals surface area contributed by atoms with Gasteiger partial charge in [0.15, 0.2) is 5.78 Å². The number of benzene rings is 1. The van der Waals surface area contributed by atoms with Gasteiger partial charge in [-0.25, -0.2) is 4.98 Å². The molecular weight excluding hydrogens is 320 g/mol. The molecule has 3 rings (SSSR count). The Labute approximate surface area is 156 Å². The first-order chi connectivity index (χ1) is 12.0. The molecule has 3 nitrogen and oxygen atoms in total. The van der Waals surface area contributed by atoms with Crippen molar-refractivity contribution in [2.45, 2.75) is 53.5 Å². The average molecular weight is 348 g/mol. The number of fused-ring (bicyclic) bond motifs is 3. The van der Waals surface area contributed by atoms with Gasteiger partial charge in [0.05, 0.1) is 16.9 Å². The maximum Gasteiger partial charge on any atom is 0.163 e. The topological polar surface area (TPSA) is 42.0 Å². The first kappa shape index (κ1) is 18.4. The number of nitrogens with zero attached hydrogens (tertiary/aromatic N) is 1. The molecule has 0 radical (unpaired) electrons.